The second-order valence-electron chi connectivity index (χ2n) is 6.27. The lowest BCUT2D eigenvalue weighted by atomic mass is 10.1. The maximum absolute atomic E-state index is 12.5. The predicted octanol–water partition coefficient (Wildman–Crippen LogP) is 3.55. The molecule has 9 heteroatoms. The van der Waals surface area contributed by atoms with Gasteiger partial charge in [0.1, 0.15) is 0 Å². The van der Waals surface area contributed by atoms with E-state index in [-0.39, 0.29) is 11.3 Å². The number of rotatable bonds is 8. The zero-order valence-corrected chi connectivity index (χ0v) is 16.6. The molecule has 0 fully saturated rings. The topological polar surface area (TPSA) is 82.4 Å². The average Bonchev–Trinajstić information content (AvgIpc) is 2.94. The van der Waals surface area contributed by atoms with E-state index in [0.29, 0.717) is 5.56 Å². The number of benzene rings is 1. The van der Waals surface area contributed by atoms with Crippen LogP contribution in [0.2, 0.25) is 0 Å². The van der Waals surface area contributed by atoms with Crippen LogP contribution in [0.15, 0.2) is 35.2 Å². The third kappa shape index (κ3) is 4.46. The first-order valence-electron chi connectivity index (χ1n) is 8.58. The number of aryl methyl sites for hydroxylation is 1. The normalized spacial score (nSPS) is 11.6. The first kappa shape index (κ1) is 21.7. The SMILES string of the molecule is CCCn1c(C)cc(C(=O)COC(=O)c2ccc(S(=O)(=O)C(F)F)cc2)c1C. The van der Waals surface area contributed by atoms with E-state index in [9.17, 15) is 26.8 Å². The summed E-state index contributed by atoms with van der Waals surface area (Å²) in [6.07, 6.45) is 0.913. The van der Waals surface area contributed by atoms with Gasteiger partial charge in [0.15, 0.2) is 6.61 Å². The van der Waals surface area contributed by atoms with E-state index in [1.54, 1.807) is 6.07 Å². The van der Waals surface area contributed by atoms with Gasteiger partial charge < -0.3 is 9.30 Å². The second kappa shape index (κ2) is 8.64. The van der Waals surface area contributed by atoms with Crippen LogP contribution in [0, 0.1) is 13.8 Å². The van der Waals surface area contributed by atoms with Gasteiger partial charge >= 0.3 is 11.7 Å². The minimum Gasteiger partial charge on any atom is -0.454 e. The van der Waals surface area contributed by atoms with Crippen molar-refractivity contribution in [3.8, 4) is 0 Å². The van der Waals surface area contributed by atoms with E-state index in [1.807, 2.05) is 25.3 Å². The summed E-state index contributed by atoms with van der Waals surface area (Å²) in [5.74, 6) is -4.76. The summed E-state index contributed by atoms with van der Waals surface area (Å²) < 4.78 is 54.8. The lowest BCUT2D eigenvalue weighted by molar-refractivity contribution is 0.0474. The highest BCUT2D eigenvalue weighted by molar-refractivity contribution is 7.91. The molecule has 1 heterocycles. The van der Waals surface area contributed by atoms with Gasteiger partial charge in [-0.1, -0.05) is 6.92 Å². The Kier molecular flexibility index (Phi) is 6.71. The van der Waals surface area contributed by atoms with Gasteiger partial charge in [-0.25, -0.2) is 13.2 Å². The van der Waals surface area contributed by atoms with Gasteiger partial charge in [-0.05, 0) is 50.6 Å². The molecule has 0 radical (unpaired) electrons. The predicted molar refractivity (Wildman–Crippen MR) is 98.4 cm³/mol. The zero-order valence-electron chi connectivity index (χ0n) is 15.7. The first-order chi connectivity index (χ1) is 13.1. The lowest BCUT2D eigenvalue weighted by Gasteiger charge is -2.08. The molecule has 0 unspecified atom stereocenters. The van der Waals surface area contributed by atoms with E-state index < -0.39 is 33.1 Å². The van der Waals surface area contributed by atoms with Crippen molar-refractivity contribution in [1.29, 1.82) is 0 Å². The Bertz CT molecular complexity index is 978. The number of carbonyl (C=O) groups is 2. The van der Waals surface area contributed by atoms with Crippen molar-refractivity contribution < 1.29 is 31.5 Å². The smallest absolute Gasteiger partial charge is 0.341 e. The molecule has 6 nitrogen and oxygen atoms in total. The van der Waals surface area contributed by atoms with E-state index in [4.69, 9.17) is 4.74 Å². The summed E-state index contributed by atoms with van der Waals surface area (Å²) in [7, 11) is -4.73. The Balaban J connectivity index is 2.06. The molecular formula is C19H21F2NO5S. The number of halogens is 2. The van der Waals surface area contributed by atoms with Crippen molar-refractivity contribution in [2.45, 2.75) is 44.4 Å². The molecule has 0 atom stereocenters. The number of hydrogen-bond acceptors (Lipinski definition) is 5. The van der Waals surface area contributed by atoms with Crippen molar-refractivity contribution in [2.24, 2.45) is 0 Å². The third-order valence-electron chi connectivity index (χ3n) is 4.31. The van der Waals surface area contributed by atoms with E-state index in [0.717, 1.165) is 48.6 Å². The van der Waals surface area contributed by atoms with Crippen molar-refractivity contribution >= 4 is 21.6 Å². The van der Waals surface area contributed by atoms with Gasteiger partial charge in [0.25, 0.3) is 0 Å². The molecule has 0 bridgehead atoms. The fourth-order valence-corrected chi connectivity index (χ4v) is 3.55. The Morgan fingerprint density at radius 2 is 1.75 bits per heavy atom. The van der Waals surface area contributed by atoms with Gasteiger partial charge in [0.2, 0.25) is 15.6 Å². The molecule has 0 saturated heterocycles. The van der Waals surface area contributed by atoms with Crippen LogP contribution in [0.25, 0.3) is 0 Å². The summed E-state index contributed by atoms with van der Waals surface area (Å²) >= 11 is 0. The van der Waals surface area contributed by atoms with E-state index >= 15 is 0 Å². The average molecular weight is 413 g/mol. The maximum Gasteiger partial charge on any atom is 0.341 e. The number of nitrogens with zero attached hydrogens (tertiary/aromatic N) is 1. The molecule has 0 spiro atoms. The highest BCUT2D eigenvalue weighted by Crippen LogP contribution is 2.19. The first-order valence-corrected chi connectivity index (χ1v) is 10.1. The molecule has 28 heavy (non-hydrogen) atoms. The number of ether oxygens (including phenoxy) is 1. The van der Waals surface area contributed by atoms with Crippen LogP contribution in [0.1, 0.15) is 45.4 Å². The van der Waals surface area contributed by atoms with Crippen LogP contribution < -0.4 is 0 Å². The van der Waals surface area contributed by atoms with Gasteiger partial charge in [0.05, 0.1) is 10.5 Å². The summed E-state index contributed by atoms with van der Waals surface area (Å²) in [5, 5.41) is 0. The van der Waals surface area contributed by atoms with Crippen LogP contribution in [-0.2, 0) is 21.1 Å². The van der Waals surface area contributed by atoms with Crippen LogP contribution in [-0.4, -0.2) is 37.1 Å². The molecule has 0 N–H and O–H groups in total. The minimum absolute atomic E-state index is 0.0440. The maximum atomic E-state index is 12.5. The number of ketones is 1. The third-order valence-corrected chi connectivity index (χ3v) is 5.71. The number of esters is 1. The Labute approximate surface area is 162 Å². The van der Waals surface area contributed by atoms with Crippen molar-refractivity contribution in [3.63, 3.8) is 0 Å². The van der Waals surface area contributed by atoms with E-state index in [2.05, 4.69) is 0 Å². The molecule has 0 aliphatic rings. The van der Waals surface area contributed by atoms with Gasteiger partial charge in [0, 0.05) is 23.5 Å². The summed E-state index contributed by atoms with van der Waals surface area (Å²) in [5.41, 5.74) is 2.15. The monoisotopic (exact) mass is 413 g/mol. The number of Topliss-reactive ketones (excluding diaryl/α,β-unsaturated/α-hetero) is 1. The molecular weight excluding hydrogens is 392 g/mol. The van der Waals surface area contributed by atoms with Crippen molar-refractivity contribution in [2.75, 3.05) is 6.61 Å². The van der Waals surface area contributed by atoms with Crippen LogP contribution in [0.5, 0.6) is 0 Å². The molecule has 2 aromatic rings. The fraction of sp³-hybridized carbons (Fsp3) is 0.368. The van der Waals surface area contributed by atoms with Crippen LogP contribution in [0.3, 0.4) is 0 Å². The number of aromatic nitrogens is 1. The molecule has 0 amide bonds. The molecule has 0 saturated carbocycles. The summed E-state index contributed by atoms with van der Waals surface area (Å²) in [6, 6.07) is 5.67. The summed E-state index contributed by atoms with van der Waals surface area (Å²) in [6.45, 7) is 6.03. The number of alkyl halides is 2. The van der Waals surface area contributed by atoms with Crippen LogP contribution >= 0.6 is 0 Å². The molecule has 0 aliphatic heterocycles. The highest BCUT2D eigenvalue weighted by Gasteiger charge is 2.26. The van der Waals surface area contributed by atoms with Crippen molar-refractivity contribution in [3.05, 3.63) is 52.8 Å². The quantitative estimate of drug-likeness (QED) is 0.488. The highest BCUT2D eigenvalue weighted by atomic mass is 32.2. The standard InChI is InChI=1S/C19H21F2NO5S/c1-4-9-22-12(2)10-16(13(22)3)17(23)11-27-18(24)14-5-7-15(8-6-14)28(25,26)19(20)21/h5-8,10,19H,4,9,11H2,1-3H3. The largest absolute Gasteiger partial charge is 0.454 e. The van der Waals surface area contributed by atoms with Gasteiger partial charge in [-0.2, -0.15) is 8.78 Å². The Hall–Kier alpha value is -2.55. The number of carbonyl (C=O) groups excluding carboxylic acids is 2. The molecule has 2 rings (SSSR count). The second-order valence-corrected chi connectivity index (χ2v) is 8.18. The molecule has 1 aromatic carbocycles. The fourth-order valence-electron chi connectivity index (χ4n) is 2.83. The van der Waals surface area contributed by atoms with Gasteiger partial charge in [-0.3, -0.25) is 4.79 Å². The lowest BCUT2D eigenvalue weighted by Crippen LogP contribution is -2.15. The number of sulfone groups is 1. The summed E-state index contributed by atoms with van der Waals surface area (Å²) in [4.78, 5) is 23.8. The zero-order chi connectivity index (χ0) is 21.1. The van der Waals surface area contributed by atoms with Gasteiger partial charge in [-0.15, -0.1) is 0 Å². The number of hydrogen-bond donors (Lipinski definition) is 0. The Morgan fingerprint density at radius 1 is 1.14 bits per heavy atom. The molecule has 152 valence electrons. The van der Waals surface area contributed by atoms with Crippen molar-refractivity contribution in [1.82, 2.24) is 4.57 Å². The van der Waals surface area contributed by atoms with Crippen LogP contribution in [0.4, 0.5) is 8.78 Å². The minimum atomic E-state index is -4.73. The molecule has 0 aliphatic carbocycles. The molecule has 1 aromatic heterocycles. The van der Waals surface area contributed by atoms with E-state index in [1.165, 1.54) is 0 Å². The Morgan fingerprint density at radius 3 is 2.29 bits per heavy atom.